The van der Waals surface area contributed by atoms with E-state index in [1.54, 1.807) is 102 Å². The topological polar surface area (TPSA) is 587 Å². The van der Waals surface area contributed by atoms with E-state index in [0.29, 0.717) is 34.9 Å². The molecule has 0 unspecified atom stereocenters. The predicted octanol–water partition coefficient (Wildman–Crippen LogP) is -3.39. The maximum Gasteiger partial charge on any atom is 0.325 e. The van der Waals surface area contributed by atoms with E-state index >= 15 is 0 Å². The number of para-hydroxylation sites is 1. The summed E-state index contributed by atoms with van der Waals surface area (Å²) in [7, 11) is 0. The fourth-order valence-electron chi connectivity index (χ4n) is 11.2. The minimum absolute atomic E-state index is 0.0716. The van der Waals surface area contributed by atoms with Crippen LogP contribution < -0.4 is 86.3 Å². The summed E-state index contributed by atoms with van der Waals surface area (Å²) in [6.07, 6.45) is 4.16. The van der Waals surface area contributed by atoms with Crippen molar-refractivity contribution in [3.05, 3.63) is 71.9 Å². The minimum atomic E-state index is -1.87. The number of unbranched alkanes of at least 4 members (excludes halogenated alkanes) is 4. The van der Waals surface area contributed by atoms with Gasteiger partial charge in [-0.1, -0.05) is 129 Å². The molecule has 0 bridgehead atoms. The molecule has 600 valence electrons. The average Bonchev–Trinajstić information content (AvgIpc) is 1.72. The SMILES string of the molecule is CCCCCCCC(=O)N[C@@H](C(=O)N[C@H](CCN)C(=O)NCC(=O)N[C@H](CO)C(=O)N[C@@H](Cc1c[nH]c2ccccc12)C(=O)N[C@@H](CO)C(=O)N[C@@H](CCN)C(=O)N[C@H](CCN)C(=O)N[C@@H](Cc1ccccc1)C(=O)N[C@@H](CCC(=O)O)C(=O)N[C@H](C(=O)N[C@@H](C(=O)N[C@@H](C)C(=O)O)[C@@H](C)CC)C(C)C)C(C)C. The quantitative estimate of drug-likeness (QED) is 0.0245. The summed E-state index contributed by atoms with van der Waals surface area (Å²) in [6.45, 7) is 9.70. The highest BCUT2D eigenvalue weighted by Gasteiger charge is 2.38. The van der Waals surface area contributed by atoms with Gasteiger partial charge in [0.2, 0.25) is 76.8 Å². The van der Waals surface area contributed by atoms with Gasteiger partial charge in [-0.25, -0.2) is 0 Å². The van der Waals surface area contributed by atoms with E-state index in [9.17, 15) is 92.3 Å². The minimum Gasteiger partial charge on any atom is -0.481 e. The summed E-state index contributed by atoms with van der Waals surface area (Å²) in [4.78, 5) is 207. The van der Waals surface area contributed by atoms with E-state index in [1.165, 1.54) is 6.92 Å². The average molecular weight is 1520 g/mol. The number of aliphatic carboxylic acids is 2. The van der Waals surface area contributed by atoms with Gasteiger partial charge in [0.1, 0.15) is 72.5 Å². The number of fused-ring (bicyclic) bond motifs is 1. The third-order valence-corrected chi connectivity index (χ3v) is 17.8. The number of aromatic amines is 1. The highest BCUT2D eigenvalue weighted by Crippen LogP contribution is 2.20. The Morgan fingerprint density at radius 2 is 0.843 bits per heavy atom. The molecule has 0 spiro atoms. The molecule has 13 amide bonds. The van der Waals surface area contributed by atoms with E-state index in [2.05, 4.69) is 81.0 Å². The van der Waals surface area contributed by atoms with Crippen LogP contribution in [0.3, 0.4) is 0 Å². The third kappa shape index (κ3) is 31.3. The summed E-state index contributed by atoms with van der Waals surface area (Å²) in [5, 5.41) is 73.1. The molecule has 0 aliphatic heterocycles. The van der Waals surface area contributed by atoms with Gasteiger partial charge < -0.3 is 112 Å². The zero-order valence-electron chi connectivity index (χ0n) is 62.7. The summed E-state index contributed by atoms with van der Waals surface area (Å²) in [5.41, 5.74) is 19.2. The van der Waals surface area contributed by atoms with Crippen molar-refractivity contribution < 1.29 is 92.3 Å². The van der Waals surface area contributed by atoms with Crippen LogP contribution in [0.2, 0.25) is 0 Å². The second-order valence-corrected chi connectivity index (χ2v) is 27.2. The maximum absolute atomic E-state index is 14.5. The van der Waals surface area contributed by atoms with E-state index < -0.39 is 200 Å². The molecular weight excluding hydrogens is 1410 g/mol. The van der Waals surface area contributed by atoms with Crippen LogP contribution in [0.5, 0.6) is 0 Å². The lowest BCUT2D eigenvalue weighted by atomic mass is 9.96. The van der Waals surface area contributed by atoms with Gasteiger partial charge in [0.05, 0.1) is 19.8 Å². The number of nitrogens with one attached hydrogen (secondary N) is 14. The molecule has 36 heteroatoms. The maximum atomic E-state index is 14.5. The monoisotopic (exact) mass is 1520 g/mol. The number of carboxylic acid groups (broad SMARTS) is 2. The first-order valence-corrected chi connectivity index (χ1v) is 36.5. The first-order chi connectivity index (χ1) is 51.3. The molecule has 2 aromatic carbocycles. The molecule has 13 atom stereocenters. The normalized spacial score (nSPS) is 14.8. The van der Waals surface area contributed by atoms with Crippen LogP contribution in [0, 0.1) is 17.8 Å². The molecule has 24 N–H and O–H groups in total. The Labute approximate surface area is 627 Å². The molecule has 1 aromatic heterocycles. The van der Waals surface area contributed by atoms with E-state index in [1.807, 2.05) is 0 Å². The van der Waals surface area contributed by atoms with E-state index in [-0.39, 0.29) is 70.0 Å². The highest BCUT2D eigenvalue weighted by molar-refractivity contribution is 6.00. The van der Waals surface area contributed by atoms with Crippen LogP contribution in [0.1, 0.15) is 144 Å². The summed E-state index contributed by atoms with van der Waals surface area (Å²) in [5.74, 6) is -16.3. The molecular formula is C72H113N17O19. The zero-order valence-corrected chi connectivity index (χ0v) is 62.7. The van der Waals surface area contributed by atoms with E-state index in [4.69, 9.17) is 17.2 Å². The first kappa shape index (κ1) is 92.0. The van der Waals surface area contributed by atoms with Crippen LogP contribution in [-0.4, -0.2) is 226 Å². The van der Waals surface area contributed by atoms with Crippen molar-refractivity contribution in [2.24, 2.45) is 35.0 Å². The number of hydrogen-bond donors (Lipinski definition) is 21. The fourth-order valence-corrected chi connectivity index (χ4v) is 11.2. The van der Waals surface area contributed by atoms with Crippen molar-refractivity contribution in [2.75, 3.05) is 39.4 Å². The number of aromatic nitrogens is 1. The van der Waals surface area contributed by atoms with Crippen molar-refractivity contribution in [3.8, 4) is 0 Å². The van der Waals surface area contributed by atoms with Gasteiger partial charge in [0.15, 0.2) is 0 Å². The van der Waals surface area contributed by atoms with Gasteiger partial charge in [0, 0.05) is 42.8 Å². The highest BCUT2D eigenvalue weighted by atomic mass is 16.4. The van der Waals surface area contributed by atoms with Crippen LogP contribution >= 0.6 is 0 Å². The molecule has 0 radical (unpaired) electrons. The number of benzene rings is 2. The summed E-state index contributed by atoms with van der Waals surface area (Å²) < 4.78 is 0. The second kappa shape index (κ2) is 48.2. The number of carboxylic acids is 2. The predicted molar refractivity (Wildman–Crippen MR) is 396 cm³/mol. The van der Waals surface area contributed by atoms with Crippen LogP contribution in [0.4, 0.5) is 0 Å². The number of aliphatic hydroxyl groups is 2. The third-order valence-electron chi connectivity index (χ3n) is 17.8. The molecule has 0 aliphatic carbocycles. The Kier molecular flexibility index (Phi) is 41.1. The van der Waals surface area contributed by atoms with Gasteiger partial charge in [0.25, 0.3) is 0 Å². The number of H-pyrrole nitrogens is 1. The molecule has 3 rings (SSSR count). The summed E-state index contributed by atoms with van der Waals surface area (Å²) in [6, 6.07) is -2.91. The lowest BCUT2D eigenvalue weighted by Crippen LogP contribution is -2.62. The number of carbonyl (C=O) groups is 15. The largest absolute Gasteiger partial charge is 0.481 e. The summed E-state index contributed by atoms with van der Waals surface area (Å²) >= 11 is 0. The number of carbonyl (C=O) groups excluding carboxylic acids is 13. The molecule has 36 nitrogen and oxygen atoms in total. The standard InChI is InChI=1S/C72H113N17O19/c1-9-11-12-13-17-24-55(92)87-58(39(3)4)69(104)83-48(27-30-73)61(96)77-36-56(93)79-53(37-90)67(102)85-52(34-44-35-76-46-23-19-18-22-45(44)46)66(101)86-54(38-91)68(103)82-49(28-31-74)62(97)81-50(29-32-75)63(98)84-51(33-43-20-15-14-16-21-43)65(100)80-47(25-26-57(94)95)64(99)88-59(40(5)6)70(105)89-60(41(7)10-2)71(106)78-42(8)72(107)108/h14-16,18-23,35,39-42,47-54,58-60,76,90-91H,9-13,17,24-34,36-38,73-75H2,1-8H3,(H,77,96)(H,78,106)(H,79,93)(H,80,100)(H,81,97)(H,82,103)(H,83,104)(H,84,98)(H,85,102)(H,86,101)(H,87,92)(H,88,99)(H,89,105)(H,94,95)(H,107,108)/t41-,42-,47-,48+,49-,50+,51-,52-,53+,54-,58+,59-,60+/m0/s1. The number of nitrogens with two attached hydrogens (primary N) is 3. The number of hydrogen-bond acceptors (Lipinski definition) is 20. The fraction of sp³-hybridized carbons (Fsp3) is 0.597. The molecule has 3 aromatic rings. The van der Waals surface area contributed by atoms with Gasteiger partial charge in [-0.05, 0) is 93.6 Å². The number of aliphatic hydroxyl groups excluding tert-OH is 2. The molecule has 0 aliphatic rings. The molecule has 0 fully saturated rings. The van der Waals surface area contributed by atoms with Gasteiger partial charge in [-0.3, -0.25) is 71.9 Å². The lowest BCUT2D eigenvalue weighted by molar-refractivity contribution is -0.142. The first-order valence-electron chi connectivity index (χ1n) is 36.5. The Morgan fingerprint density at radius 1 is 0.417 bits per heavy atom. The second-order valence-electron chi connectivity index (χ2n) is 27.2. The van der Waals surface area contributed by atoms with Gasteiger partial charge in [-0.15, -0.1) is 0 Å². The van der Waals surface area contributed by atoms with Gasteiger partial charge >= 0.3 is 11.9 Å². The number of rotatable bonds is 51. The lowest BCUT2D eigenvalue weighted by Gasteiger charge is -2.30. The molecule has 0 saturated carbocycles. The van der Waals surface area contributed by atoms with Crippen molar-refractivity contribution in [3.63, 3.8) is 0 Å². The van der Waals surface area contributed by atoms with Crippen LogP contribution in [0.15, 0.2) is 60.8 Å². The Bertz CT molecular complexity index is 3490. The molecule has 1 heterocycles. The van der Waals surface area contributed by atoms with Crippen molar-refractivity contribution in [1.82, 2.24) is 74.1 Å². The van der Waals surface area contributed by atoms with E-state index in [0.717, 1.165) is 25.7 Å². The van der Waals surface area contributed by atoms with Crippen molar-refractivity contribution >= 4 is 99.6 Å². The van der Waals surface area contributed by atoms with Crippen molar-refractivity contribution in [2.45, 2.75) is 218 Å². The Hall–Kier alpha value is -10.2. The smallest absolute Gasteiger partial charge is 0.325 e. The number of amides is 13. The van der Waals surface area contributed by atoms with Gasteiger partial charge in [-0.2, -0.15) is 0 Å². The zero-order chi connectivity index (χ0) is 80.7. The van der Waals surface area contributed by atoms with Crippen LogP contribution in [0.25, 0.3) is 10.9 Å². The Balaban J connectivity index is 1.85. The van der Waals surface area contributed by atoms with Crippen LogP contribution in [-0.2, 0) is 84.8 Å². The molecule has 108 heavy (non-hydrogen) atoms. The van der Waals surface area contributed by atoms with Crippen molar-refractivity contribution in [1.29, 1.82) is 0 Å². The molecule has 0 saturated heterocycles. The Morgan fingerprint density at radius 3 is 1.36 bits per heavy atom.